The molecule has 0 radical (unpaired) electrons. The third-order valence-electron chi connectivity index (χ3n) is 2.66. The van der Waals surface area contributed by atoms with Crippen LogP contribution in [0.25, 0.3) is 10.9 Å². The van der Waals surface area contributed by atoms with E-state index in [0.717, 1.165) is 6.42 Å². The van der Waals surface area contributed by atoms with Crippen molar-refractivity contribution in [3.8, 4) is 0 Å². The van der Waals surface area contributed by atoms with Crippen LogP contribution in [0.3, 0.4) is 0 Å². The highest BCUT2D eigenvalue weighted by atomic mass is 15.0. The average Bonchev–Trinajstić information content (AvgIpc) is 2.61. The van der Waals surface area contributed by atoms with Crippen LogP contribution in [0.2, 0.25) is 0 Å². The number of aromatic amines is 1. The maximum absolute atomic E-state index is 6.03. The van der Waals surface area contributed by atoms with Gasteiger partial charge in [0.05, 0.1) is 6.17 Å². The molecule has 0 saturated heterocycles. The van der Waals surface area contributed by atoms with Gasteiger partial charge in [0, 0.05) is 29.6 Å². The Kier molecular flexibility index (Phi) is 3.27. The molecule has 1 aromatic carbocycles. The first-order valence-electron chi connectivity index (χ1n) is 5.73. The van der Waals surface area contributed by atoms with Gasteiger partial charge in [-0.2, -0.15) is 0 Å². The van der Waals surface area contributed by atoms with Crippen molar-refractivity contribution in [1.29, 1.82) is 0 Å². The van der Waals surface area contributed by atoms with Crippen LogP contribution in [0.4, 0.5) is 0 Å². The predicted molar refractivity (Wildman–Crippen MR) is 68.2 cm³/mol. The molecule has 2 aromatic rings. The molecule has 0 bridgehead atoms. The van der Waals surface area contributed by atoms with Crippen LogP contribution in [0.5, 0.6) is 0 Å². The number of hydrogen-bond acceptors (Lipinski definition) is 2. The Bertz CT molecular complexity index is 459. The second-order valence-electron chi connectivity index (χ2n) is 4.49. The summed E-state index contributed by atoms with van der Waals surface area (Å²) >= 11 is 0. The topological polar surface area (TPSA) is 53.8 Å². The van der Waals surface area contributed by atoms with E-state index in [1.807, 2.05) is 12.3 Å². The van der Waals surface area contributed by atoms with Gasteiger partial charge in [-0.25, -0.2) is 0 Å². The van der Waals surface area contributed by atoms with Crippen molar-refractivity contribution in [2.45, 2.75) is 32.5 Å². The van der Waals surface area contributed by atoms with E-state index in [-0.39, 0.29) is 6.17 Å². The van der Waals surface area contributed by atoms with E-state index in [4.69, 9.17) is 5.73 Å². The first-order chi connectivity index (χ1) is 7.66. The van der Waals surface area contributed by atoms with Gasteiger partial charge in [0.25, 0.3) is 0 Å². The smallest absolute Gasteiger partial charge is 0.0590 e. The van der Waals surface area contributed by atoms with Gasteiger partial charge in [-0.1, -0.05) is 18.2 Å². The Morgan fingerprint density at radius 3 is 2.81 bits per heavy atom. The number of H-pyrrole nitrogens is 1. The van der Waals surface area contributed by atoms with Crippen molar-refractivity contribution in [3.63, 3.8) is 0 Å². The van der Waals surface area contributed by atoms with Gasteiger partial charge in [-0.3, -0.25) is 5.32 Å². The third kappa shape index (κ3) is 2.43. The number of rotatable bonds is 4. The molecule has 0 aliphatic rings. The Balaban J connectivity index is 2.15. The summed E-state index contributed by atoms with van der Waals surface area (Å²) in [6, 6.07) is 8.72. The fourth-order valence-corrected chi connectivity index (χ4v) is 2.02. The normalized spacial score (nSPS) is 13.5. The van der Waals surface area contributed by atoms with Crippen molar-refractivity contribution in [2.24, 2.45) is 5.73 Å². The molecule has 86 valence electrons. The highest BCUT2D eigenvalue weighted by Gasteiger charge is 2.08. The molecule has 0 spiro atoms. The molecule has 3 heteroatoms. The van der Waals surface area contributed by atoms with Crippen molar-refractivity contribution in [1.82, 2.24) is 10.3 Å². The van der Waals surface area contributed by atoms with Crippen LogP contribution in [0, 0.1) is 0 Å². The van der Waals surface area contributed by atoms with Gasteiger partial charge in [-0.05, 0) is 25.5 Å². The molecule has 3 nitrogen and oxygen atoms in total. The van der Waals surface area contributed by atoms with Crippen LogP contribution in [0.15, 0.2) is 30.5 Å². The number of benzene rings is 1. The van der Waals surface area contributed by atoms with Crippen LogP contribution < -0.4 is 11.1 Å². The molecule has 16 heavy (non-hydrogen) atoms. The van der Waals surface area contributed by atoms with Gasteiger partial charge in [0.1, 0.15) is 0 Å². The average molecular weight is 217 g/mol. The summed E-state index contributed by atoms with van der Waals surface area (Å²) in [6.45, 7) is 4.21. The van der Waals surface area contributed by atoms with Crippen molar-refractivity contribution in [3.05, 3.63) is 36.0 Å². The lowest BCUT2D eigenvalue weighted by molar-refractivity contribution is 0.472. The fraction of sp³-hybridized carbons (Fsp3) is 0.385. The van der Waals surface area contributed by atoms with Crippen molar-refractivity contribution < 1.29 is 0 Å². The minimum Gasteiger partial charge on any atom is -0.361 e. The summed E-state index contributed by atoms with van der Waals surface area (Å²) < 4.78 is 0. The molecule has 0 fully saturated rings. The number of aromatic nitrogens is 1. The second-order valence-corrected chi connectivity index (χ2v) is 4.49. The quantitative estimate of drug-likeness (QED) is 0.686. The summed E-state index contributed by atoms with van der Waals surface area (Å²) in [6.07, 6.45) is 2.91. The minimum absolute atomic E-state index is 0.0132. The lowest BCUT2D eigenvalue weighted by Gasteiger charge is -2.16. The molecule has 4 N–H and O–H groups in total. The minimum atomic E-state index is 0.0132. The van der Waals surface area contributed by atoms with Crippen LogP contribution in [0.1, 0.15) is 19.4 Å². The maximum Gasteiger partial charge on any atom is 0.0590 e. The largest absolute Gasteiger partial charge is 0.361 e. The molecule has 2 rings (SSSR count). The molecule has 0 amide bonds. The van der Waals surface area contributed by atoms with Crippen LogP contribution in [-0.4, -0.2) is 17.2 Å². The molecule has 1 heterocycles. The molecule has 0 unspecified atom stereocenters. The zero-order valence-corrected chi connectivity index (χ0v) is 9.83. The van der Waals surface area contributed by atoms with E-state index in [9.17, 15) is 0 Å². The Labute approximate surface area is 96.0 Å². The number of fused-ring (bicyclic) bond motifs is 1. The monoisotopic (exact) mass is 217 g/mol. The number of para-hydroxylation sites is 1. The third-order valence-corrected chi connectivity index (χ3v) is 2.66. The van der Waals surface area contributed by atoms with Crippen molar-refractivity contribution >= 4 is 10.9 Å². The molecular formula is C13H19N3. The highest BCUT2D eigenvalue weighted by Crippen LogP contribution is 2.18. The van der Waals surface area contributed by atoms with Crippen molar-refractivity contribution in [2.75, 3.05) is 0 Å². The standard InChI is InChI=1S/C13H19N3/c1-9(2)16-13(14)7-10-8-15-12-6-4-3-5-11(10)12/h3-6,8-9,13,15-16H,7,14H2,1-2H3/t13-/m1/s1. The van der Waals surface area contributed by atoms with E-state index < -0.39 is 0 Å². The zero-order chi connectivity index (χ0) is 11.5. The van der Waals surface area contributed by atoms with E-state index in [1.54, 1.807) is 0 Å². The SMILES string of the molecule is CC(C)N[C@@H](N)Cc1c[nH]c2ccccc12. The summed E-state index contributed by atoms with van der Waals surface area (Å²) in [5.74, 6) is 0. The molecular weight excluding hydrogens is 198 g/mol. The molecule has 1 aromatic heterocycles. The Morgan fingerprint density at radius 2 is 2.06 bits per heavy atom. The highest BCUT2D eigenvalue weighted by molar-refractivity contribution is 5.83. The van der Waals surface area contributed by atoms with Crippen LogP contribution >= 0.6 is 0 Å². The summed E-state index contributed by atoms with van der Waals surface area (Å²) in [5.41, 5.74) is 8.48. The van der Waals surface area contributed by atoms with E-state index in [2.05, 4.69) is 42.3 Å². The number of hydrogen-bond donors (Lipinski definition) is 3. The fourth-order valence-electron chi connectivity index (χ4n) is 2.02. The predicted octanol–water partition coefficient (Wildman–Crippen LogP) is 1.99. The first-order valence-corrected chi connectivity index (χ1v) is 5.73. The Hall–Kier alpha value is -1.32. The maximum atomic E-state index is 6.03. The number of nitrogens with one attached hydrogen (secondary N) is 2. The second kappa shape index (κ2) is 4.68. The number of nitrogens with two attached hydrogens (primary N) is 1. The summed E-state index contributed by atoms with van der Waals surface area (Å²) in [7, 11) is 0. The van der Waals surface area contributed by atoms with Gasteiger partial charge in [0.2, 0.25) is 0 Å². The van der Waals surface area contributed by atoms with E-state index >= 15 is 0 Å². The molecule has 0 aliphatic heterocycles. The molecule has 0 aliphatic carbocycles. The summed E-state index contributed by atoms with van der Waals surface area (Å²) in [5, 5.41) is 4.58. The van der Waals surface area contributed by atoms with Crippen LogP contribution in [-0.2, 0) is 6.42 Å². The molecule has 0 saturated carbocycles. The lowest BCUT2D eigenvalue weighted by atomic mass is 10.1. The van der Waals surface area contributed by atoms with E-state index in [1.165, 1.54) is 16.5 Å². The van der Waals surface area contributed by atoms with Gasteiger partial charge in [0.15, 0.2) is 0 Å². The molecule has 1 atom stereocenters. The van der Waals surface area contributed by atoms with Gasteiger partial charge < -0.3 is 10.7 Å². The first kappa shape index (κ1) is 11.2. The Morgan fingerprint density at radius 1 is 1.31 bits per heavy atom. The lowest BCUT2D eigenvalue weighted by Crippen LogP contribution is -2.43. The summed E-state index contributed by atoms with van der Waals surface area (Å²) in [4.78, 5) is 3.26. The van der Waals surface area contributed by atoms with Gasteiger partial charge in [-0.15, -0.1) is 0 Å². The zero-order valence-electron chi connectivity index (χ0n) is 9.83. The van der Waals surface area contributed by atoms with Gasteiger partial charge >= 0.3 is 0 Å². The van der Waals surface area contributed by atoms with E-state index in [0.29, 0.717) is 6.04 Å².